The second-order valence-corrected chi connectivity index (χ2v) is 5.94. The van der Waals surface area contributed by atoms with E-state index in [2.05, 4.69) is 5.32 Å². The molecule has 0 spiro atoms. The van der Waals surface area contributed by atoms with E-state index in [4.69, 9.17) is 22.1 Å². The molecule has 1 fully saturated rings. The zero-order valence-corrected chi connectivity index (χ0v) is 14.9. The monoisotopic (exact) mass is 375 g/mol. The number of nitrogens with zero attached hydrogens (tertiary/aromatic N) is 1. The number of piperidine rings is 1. The lowest BCUT2D eigenvalue weighted by atomic mass is 9.97. The van der Waals surface area contributed by atoms with Crippen LogP contribution in [0.1, 0.15) is 12.8 Å². The number of likely N-dealkylation sites (tertiary alicyclic amines) is 1. The average molecular weight is 376 g/mol. The van der Waals surface area contributed by atoms with Gasteiger partial charge in [-0.15, -0.1) is 12.4 Å². The molecule has 6 nitrogen and oxygen atoms in total. The lowest BCUT2D eigenvalue weighted by Gasteiger charge is -2.32. The minimum atomic E-state index is -0.176. The quantitative estimate of drug-likeness (QED) is 0.787. The molecule has 0 aromatic heterocycles. The summed E-state index contributed by atoms with van der Waals surface area (Å²) in [5.41, 5.74) is 5.38. The van der Waals surface area contributed by atoms with Crippen LogP contribution in [0.3, 0.4) is 0 Å². The molecule has 3 N–H and O–H groups in total. The van der Waals surface area contributed by atoms with E-state index in [0.717, 1.165) is 12.8 Å². The van der Waals surface area contributed by atoms with Gasteiger partial charge < -0.3 is 20.7 Å². The van der Waals surface area contributed by atoms with Crippen LogP contribution in [-0.2, 0) is 9.59 Å². The highest BCUT2D eigenvalue weighted by molar-refractivity contribution is 6.30. The summed E-state index contributed by atoms with van der Waals surface area (Å²) in [5.74, 6) is 0.218. The number of benzene rings is 1. The van der Waals surface area contributed by atoms with Gasteiger partial charge in [0, 0.05) is 31.2 Å². The van der Waals surface area contributed by atoms with Crippen molar-refractivity contribution < 1.29 is 14.3 Å². The van der Waals surface area contributed by atoms with Gasteiger partial charge in [-0.3, -0.25) is 9.59 Å². The van der Waals surface area contributed by atoms with Crippen LogP contribution in [0.2, 0.25) is 5.02 Å². The molecule has 0 aliphatic carbocycles. The number of hydrogen-bond acceptors (Lipinski definition) is 4. The van der Waals surface area contributed by atoms with E-state index < -0.39 is 0 Å². The zero-order valence-electron chi connectivity index (χ0n) is 13.4. The summed E-state index contributed by atoms with van der Waals surface area (Å²) >= 11 is 5.88. The first-order valence-electron chi connectivity index (χ1n) is 7.74. The van der Waals surface area contributed by atoms with Crippen LogP contribution in [0.15, 0.2) is 24.3 Å². The van der Waals surface area contributed by atoms with Crippen molar-refractivity contribution in [1.82, 2.24) is 10.2 Å². The molecule has 1 aromatic carbocycles. The Kier molecular flexibility index (Phi) is 8.89. The molecule has 24 heavy (non-hydrogen) atoms. The van der Waals surface area contributed by atoms with Gasteiger partial charge in [-0.25, -0.2) is 0 Å². The van der Waals surface area contributed by atoms with Gasteiger partial charge >= 0.3 is 0 Å². The van der Waals surface area contributed by atoms with Gasteiger partial charge in [0.15, 0.2) is 6.61 Å². The van der Waals surface area contributed by atoms with Crippen LogP contribution >= 0.6 is 24.0 Å². The molecule has 1 heterocycles. The molecule has 1 saturated heterocycles. The highest BCUT2D eigenvalue weighted by Gasteiger charge is 2.28. The standard InChI is InChI=1S/C16H22ClN3O3.ClH/c17-13-4-1-5-14(9-13)23-11-15(21)20-8-2-3-12(10-20)16(22)19-7-6-18;/h1,4-5,9,12H,2-3,6-8,10-11,18H2,(H,19,22);1H. The van der Waals surface area contributed by atoms with E-state index in [0.29, 0.717) is 37.0 Å². The van der Waals surface area contributed by atoms with Gasteiger partial charge in [0.1, 0.15) is 5.75 Å². The maximum Gasteiger partial charge on any atom is 0.260 e. The third kappa shape index (κ3) is 6.19. The van der Waals surface area contributed by atoms with Crippen molar-refractivity contribution in [3.05, 3.63) is 29.3 Å². The Hall–Kier alpha value is -1.50. The minimum Gasteiger partial charge on any atom is -0.484 e. The predicted octanol–water partition coefficient (Wildman–Crippen LogP) is 1.45. The van der Waals surface area contributed by atoms with Gasteiger partial charge in [0.05, 0.1) is 5.92 Å². The number of nitrogens with two attached hydrogens (primary N) is 1. The molecular formula is C16H23Cl2N3O3. The van der Waals surface area contributed by atoms with Gasteiger partial charge in [0.25, 0.3) is 5.91 Å². The van der Waals surface area contributed by atoms with E-state index >= 15 is 0 Å². The van der Waals surface area contributed by atoms with E-state index in [9.17, 15) is 9.59 Å². The highest BCUT2D eigenvalue weighted by Crippen LogP contribution is 2.19. The summed E-state index contributed by atoms with van der Waals surface area (Å²) in [5, 5.41) is 3.34. The van der Waals surface area contributed by atoms with Gasteiger partial charge in [-0.1, -0.05) is 17.7 Å². The number of carbonyl (C=O) groups excluding carboxylic acids is 2. The maximum atomic E-state index is 12.3. The first-order valence-corrected chi connectivity index (χ1v) is 8.12. The Morgan fingerprint density at radius 2 is 2.21 bits per heavy atom. The Morgan fingerprint density at radius 1 is 1.42 bits per heavy atom. The number of nitrogens with one attached hydrogen (secondary N) is 1. The van der Waals surface area contributed by atoms with E-state index in [1.807, 2.05) is 0 Å². The smallest absolute Gasteiger partial charge is 0.260 e. The van der Waals surface area contributed by atoms with Crippen LogP contribution < -0.4 is 15.8 Å². The topological polar surface area (TPSA) is 84.7 Å². The second-order valence-electron chi connectivity index (χ2n) is 5.50. The molecular weight excluding hydrogens is 353 g/mol. The van der Waals surface area contributed by atoms with E-state index in [-0.39, 0.29) is 36.7 Å². The first-order chi connectivity index (χ1) is 11.1. The normalized spacial score (nSPS) is 16.9. The minimum absolute atomic E-state index is 0. The molecule has 2 amide bonds. The second kappa shape index (κ2) is 10.4. The lowest BCUT2D eigenvalue weighted by Crippen LogP contribution is -2.47. The molecule has 8 heteroatoms. The van der Waals surface area contributed by atoms with Crippen LogP contribution in [0, 0.1) is 5.92 Å². The molecule has 1 aliphatic rings. The van der Waals surface area contributed by atoms with Crippen LogP contribution in [0.25, 0.3) is 0 Å². The zero-order chi connectivity index (χ0) is 16.7. The molecule has 0 saturated carbocycles. The van der Waals surface area contributed by atoms with Gasteiger partial charge in [0.2, 0.25) is 5.91 Å². The summed E-state index contributed by atoms with van der Waals surface area (Å²) in [6, 6.07) is 6.92. The van der Waals surface area contributed by atoms with Crippen LogP contribution in [-0.4, -0.2) is 49.5 Å². The molecule has 0 radical (unpaired) electrons. The van der Waals surface area contributed by atoms with Crippen molar-refractivity contribution >= 4 is 35.8 Å². The van der Waals surface area contributed by atoms with Crippen LogP contribution in [0.5, 0.6) is 5.75 Å². The molecule has 1 unspecified atom stereocenters. The number of hydrogen-bond donors (Lipinski definition) is 2. The van der Waals surface area contributed by atoms with Gasteiger partial charge in [-0.05, 0) is 31.0 Å². The Bertz CT molecular complexity index is 557. The number of rotatable bonds is 6. The number of halogens is 2. The van der Waals surface area contributed by atoms with Crippen molar-refractivity contribution in [2.75, 3.05) is 32.8 Å². The molecule has 1 atom stereocenters. The molecule has 2 rings (SSSR count). The number of amides is 2. The van der Waals surface area contributed by atoms with Crippen LogP contribution in [0.4, 0.5) is 0 Å². The maximum absolute atomic E-state index is 12.3. The summed E-state index contributed by atoms with van der Waals surface area (Å²) in [7, 11) is 0. The molecule has 1 aliphatic heterocycles. The van der Waals surface area contributed by atoms with Crippen molar-refractivity contribution in [2.45, 2.75) is 12.8 Å². The van der Waals surface area contributed by atoms with E-state index in [1.165, 1.54) is 0 Å². The van der Waals surface area contributed by atoms with Crippen molar-refractivity contribution in [1.29, 1.82) is 0 Å². The summed E-state index contributed by atoms with van der Waals surface area (Å²) in [6.45, 7) is 1.89. The number of ether oxygens (including phenoxy) is 1. The Labute approximate surface area is 153 Å². The largest absolute Gasteiger partial charge is 0.484 e. The first kappa shape index (κ1) is 20.5. The van der Waals surface area contributed by atoms with Crippen molar-refractivity contribution in [2.24, 2.45) is 11.7 Å². The number of carbonyl (C=O) groups is 2. The summed E-state index contributed by atoms with van der Waals surface area (Å²) in [4.78, 5) is 25.9. The Balaban J connectivity index is 0.00000288. The van der Waals surface area contributed by atoms with E-state index in [1.54, 1.807) is 29.2 Å². The predicted molar refractivity (Wildman–Crippen MR) is 95.6 cm³/mol. The lowest BCUT2D eigenvalue weighted by molar-refractivity contribution is -0.137. The van der Waals surface area contributed by atoms with Crippen molar-refractivity contribution in [3.8, 4) is 5.75 Å². The SMILES string of the molecule is Cl.NCCNC(=O)C1CCCN(C(=O)COc2cccc(Cl)c2)C1. The Morgan fingerprint density at radius 3 is 2.92 bits per heavy atom. The molecule has 134 valence electrons. The summed E-state index contributed by atoms with van der Waals surface area (Å²) < 4.78 is 5.47. The van der Waals surface area contributed by atoms with Gasteiger partial charge in [-0.2, -0.15) is 0 Å². The van der Waals surface area contributed by atoms with Crippen molar-refractivity contribution in [3.63, 3.8) is 0 Å². The fourth-order valence-corrected chi connectivity index (χ4v) is 2.73. The average Bonchev–Trinajstić information content (AvgIpc) is 2.57. The third-order valence-corrected chi connectivity index (χ3v) is 3.98. The molecule has 0 bridgehead atoms. The fourth-order valence-electron chi connectivity index (χ4n) is 2.55. The summed E-state index contributed by atoms with van der Waals surface area (Å²) in [6.07, 6.45) is 1.60. The fraction of sp³-hybridized carbons (Fsp3) is 0.500. The molecule has 1 aromatic rings. The highest BCUT2D eigenvalue weighted by atomic mass is 35.5. The third-order valence-electron chi connectivity index (χ3n) is 3.75.